The second kappa shape index (κ2) is 6.00. The van der Waals surface area contributed by atoms with Gasteiger partial charge in [0, 0.05) is 22.9 Å². The van der Waals surface area contributed by atoms with E-state index in [0.717, 1.165) is 33.2 Å². The fourth-order valence-corrected chi connectivity index (χ4v) is 3.55. The normalized spacial score (nSPS) is 11.4. The highest BCUT2D eigenvalue weighted by atomic mass is 16.3. The lowest BCUT2D eigenvalue weighted by Gasteiger charge is -2.06. The molecule has 3 nitrogen and oxygen atoms in total. The molecule has 128 valence electrons. The van der Waals surface area contributed by atoms with Crippen LogP contribution in [0.5, 0.6) is 0 Å². The van der Waals surface area contributed by atoms with Gasteiger partial charge >= 0.3 is 0 Å². The van der Waals surface area contributed by atoms with Gasteiger partial charge in [0.1, 0.15) is 18.7 Å². The van der Waals surface area contributed by atoms with E-state index in [0.29, 0.717) is 17.1 Å². The van der Waals surface area contributed by atoms with Crippen LogP contribution in [-0.2, 0) is 7.05 Å². The topological polar surface area (TPSA) is 40.8 Å². The van der Waals surface area contributed by atoms with E-state index < -0.39 is 0 Å². The summed E-state index contributed by atoms with van der Waals surface area (Å²) in [6.45, 7) is 6.41. The number of hydrogen-bond acceptors (Lipinski definition) is 2. The lowest BCUT2D eigenvalue weighted by molar-refractivity contribution is -0.660. The molecule has 0 unspecified atom stereocenters. The van der Waals surface area contributed by atoms with Gasteiger partial charge in [0.2, 0.25) is 5.69 Å². The van der Waals surface area contributed by atoms with Gasteiger partial charge in [0.25, 0.3) is 0 Å². The van der Waals surface area contributed by atoms with Gasteiger partial charge in [-0.1, -0.05) is 13.8 Å². The van der Waals surface area contributed by atoms with Crippen molar-refractivity contribution in [3.63, 3.8) is 0 Å². The molecule has 2 aromatic carbocycles. The zero-order valence-electron chi connectivity index (χ0n) is 15.5. The Bertz CT molecular complexity index is 1190. The molecule has 0 radical (unpaired) electrons. The van der Waals surface area contributed by atoms with Gasteiger partial charge in [-0.2, -0.15) is 5.26 Å². The number of nitriles is 1. The summed E-state index contributed by atoms with van der Waals surface area (Å²) < 4.78 is 8.24. The Morgan fingerprint density at radius 3 is 2.58 bits per heavy atom. The van der Waals surface area contributed by atoms with Crippen LogP contribution in [0.1, 0.15) is 36.5 Å². The molecule has 3 heteroatoms. The maximum Gasteiger partial charge on any atom is 0.212 e. The van der Waals surface area contributed by atoms with E-state index in [9.17, 15) is 5.26 Å². The van der Waals surface area contributed by atoms with Crippen LogP contribution in [0, 0.1) is 18.3 Å². The number of aryl methyl sites for hydroxylation is 2. The molecule has 0 aliphatic heterocycles. The summed E-state index contributed by atoms with van der Waals surface area (Å²) in [4.78, 5) is 0. The summed E-state index contributed by atoms with van der Waals surface area (Å²) in [6, 6.07) is 16.8. The summed E-state index contributed by atoms with van der Waals surface area (Å²) >= 11 is 0. The van der Waals surface area contributed by atoms with Gasteiger partial charge in [-0.15, -0.1) is 0 Å². The lowest BCUT2D eigenvalue weighted by Crippen LogP contribution is -2.30. The lowest BCUT2D eigenvalue weighted by atomic mass is 9.96. The number of rotatable bonds is 2. The van der Waals surface area contributed by atoms with E-state index in [1.54, 1.807) is 0 Å². The molecule has 0 bridgehead atoms. The molecule has 2 heterocycles. The van der Waals surface area contributed by atoms with Crippen molar-refractivity contribution in [3.05, 3.63) is 65.4 Å². The molecular weight excluding hydrogens is 320 g/mol. The van der Waals surface area contributed by atoms with Crippen molar-refractivity contribution in [1.29, 1.82) is 5.26 Å². The molecule has 4 rings (SSSR count). The Labute approximate surface area is 153 Å². The average Bonchev–Trinajstić information content (AvgIpc) is 2.98. The van der Waals surface area contributed by atoms with Gasteiger partial charge in [-0.25, -0.2) is 4.57 Å². The van der Waals surface area contributed by atoms with Crippen LogP contribution in [0.25, 0.3) is 33.2 Å². The summed E-state index contributed by atoms with van der Waals surface area (Å²) in [7, 11) is 2.04. The van der Waals surface area contributed by atoms with Crippen LogP contribution >= 0.6 is 0 Å². The molecule has 0 aliphatic rings. The van der Waals surface area contributed by atoms with Crippen LogP contribution in [0.15, 0.2) is 53.1 Å². The van der Waals surface area contributed by atoms with Crippen molar-refractivity contribution in [1.82, 2.24) is 0 Å². The highest BCUT2D eigenvalue weighted by Crippen LogP contribution is 2.36. The Balaban J connectivity index is 2.06. The fraction of sp³-hybridized carbons (Fsp3) is 0.217. The quantitative estimate of drug-likeness (QED) is 0.459. The molecule has 4 aromatic rings. The second-order valence-electron chi connectivity index (χ2n) is 7.17. The second-order valence-corrected chi connectivity index (χ2v) is 7.17. The van der Waals surface area contributed by atoms with Gasteiger partial charge < -0.3 is 4.42 Å². The molecular formula is C23H21N2O+. The van der Waals surface area contributed by atoms with Crippen molar-refractivity contribution in [2.75, 3.05) is 0 Å². The third kappa shape index (κ3) is 2.46. The smallest absolute Gasteiger partial charge is 0.212 e. The van der Waals surface area contributed by atoms with Crippen LogP contribution < -0.4 is 4.57 Å². The van der Waals surface area contributed by atoms with E-state index in [4.69, 9.17) is 4.42 Å². The number of pyridine rings is 1. The number of hydrogen-bond donors (Lipinski definition) is 0. The van der Waals surface area contributed by atoms with Gasteiger partial charge in [-0.3, -0.25) is 0 Å². The van der Waals surface area contributed by atoms with E-state index in [-0.39, 0.29) is 0 Å². The summed E-state index contributed by atoms with van der Waals surface area (Å²) in [5.41, 5.74) is 6.73. The number of furan rings is 1. The molecule has 26 heavy (non-hydrogen) atoms. The highest BCUT2D eigenvalue weighted by Gasteiger charge is 2.18. The largest absolute Gasteiger partial charge is 0.455 e. The van der Waals surface area contributed by atoms with Gasteiger partial charge in [-0.05, 0) is 54.3 Å². The van der Waals surface area contributed by atoms with Crippen LogP contribution in [-0.4, -0.2) is 0 Å². The SMILES string of the molecule is Cc1cc2c(cc1-c1cccc[n+]1C)oc1c(C#N)cc(C(C)C)cc12. The molecule has 2 aromatic heterocycles. The Hall–Kier alpha value is -3.12. The minimum atomic E-state index is 0.361. The van der Waals surface area contributed by atoms with Crippen LogP contribution in [0.4, 0.5) is 0 Å². The standard InChI is InChI=1S/C23H21N2O/c1-14(2)16-10-17(13-24)23-20(11-16)19-9-15(3)18(12-22(19)26-23)21-7-5-6-8-25(21)4/h5-12,14H,1-4H3/q+1. The van der Waals surface area contributed by atoms with Crippen molar-refractivity contribution in [2.24, 2.45) is 7.05 Å². The zero-order chi connectivity index (χ0) is 18.4. The van der Waals surface area contributed by atoms with E-state index in [1.807, 2.05) is 31.4 Å². The Morgan fingerprint density at radius 1 is 1.08 bits per heavy atom. The van der Waals surface area contributed by atoms with Crippen LogP contribution in [0.3, 0.4) is 0 Å². The predicted octanol–water partition coefficient (Wildman–Crippen LogP) is 5.38. The zero-order valence-corrected chi connectivity index (χ0v) is 15.5. The monoisotopic (exact) mass is 341 g/mol. The first kappa shape index (κ1) is 16.4. The van der Waals surface area contributed by atoms with E-state index in [2.05, 4.69) is 55.7 Å². The van der Waals surface area contributed by atoms with Crippen molar-refractivity contribution in [3.8, 4) is 17.3 Å². The maximum absolute atomic E-state index is 9.58. The van der Waals surface area contributed by atoms with Crippen molar-refractivity contribution in [2.45, 2.75) is 26.7 Å². The van der Waals surface area contributed by atoms with Crippen molar-refractivity contribution >= 4 is 21.9 Å². The minimum Gasteiger partial charge on any atom is -0.455 e. The maximum atomic E-state index is 9.58. The molecule has 0 saturated carbocycles. The Kier molecular flexibility index (Phi) is 3.77. The number of aromatic nitrogens is 1. The van der Waals surface area contributed by atoms with E-state index >= 15 is 0 Å². The first-order valence-electron chi connectivity index (χ1n) is 8.85. The van der Waals surface area contributed by atoms with Crippen molar-refractivity contribution < 1.29 is 8.98 Å². The van der Waals surface area contributed by atoms with E-state index in [1.165, 1.54) is 5.56 Å². The van der Waals surface area contributed by atoms with Gasteiger partial charge in [0.05, 0.1) is 11.1 Å². The first-order chi connectivity index (χ1) is 12.5. The summed E-state index contributed by atoms with van der Waals surface area (Å²) in [5.74, 6) is 0.361. The molecule has 0 fully saturated rings. The third-order valence-corrected chi connectivity index (χ3v) is 5.06. The first-order valence-corrected chi connectivity index (χ1v) is 8.85. The molecule has 0 spiro atoms. The minimum absolute atomic E-state index is 0.361. The molecule has 0 atom stereocenters. The van der Waals surface area contributed by atoms with Crippen LogP contribution in [0.2, 0.25) is 0 Å². The molecule has 0 N–H and O–H groups in total. The summed E-state index contributed by atoms with van der Waals surface area (Å²) in [6.07, 6.45) is 2.04. The average molecular weight is 341 g/mol. The number of fused-ring (bicyclic) bond motifs is 3. The predicted molar refractivity (Wildman–Crippen MR) is 104 cm³/mol. The Morgan fingerprint density at radius 2 is 1.88 bits per heavy atom. The molecule has 0 saturated heterocycles. The van der Waals surface area contributed by atoms with Gasteiger partial charge in [0.15, 0.2) is 11.8 Å². The molecule has 0 aliphatic carbocycles. The number of benzene rings is 2. The summed E-state index contributed by atoms with van der Waals surface area (Å²) in [5, 5.41) is 11.7. The highest BCUT2D eigenvalue weighted by molar-refractivity contribution is 6.08. The number of nitrogens with zero attached hydrogens (tertiary/aromatic N) is 2. The molecule has 0 amide bonds. The third-order valence-electron chi connectivity index (χ3n) is 5.06. The fourth-order valence-electron chi connectivity index (χ4n) is 3.55.